The summed E-state index contributed by atoms with van der Waals surface area (Å²) in [5.41, 5.74) is 0. The summed E-state index contributed by atoms with van der Waals surface area (Å²) in [6.45, 7) is 5.35. The fourth-order valence-corrected chi connectivity index (χ4v) is 3.00. The lowest BCUT2D eigenvalue weighted by molar-refractivity contribution is 0.144. The van der Waals surface area contributed by atoms with Gasteiger partial charge in [0, 0.05) is 38.8 Å². The Hall–Kier alpha value is -1.49. The summed E-state index contributed by atoms with van der Waals surface area (Å²) >= 11 is 0. The molecule has 2 rings (SSSR count). The molecule has 0 saturated heterocycles. The fourth-order valence-electron chi connectivity index (χ4n) is 3.00. The van der Waals surface area contributed by atoms with Crippen LogP contribution in [0.25, 0.3) is 0 Å². The first-order chi connectivity index (χ1) is 11.9. The van der Waals surface area contributed by atoms with Crippen molar-refractivity contribution < 1.29 is 9.15 Å². The van der Waals surface area contributed by atoms with E-state index in [9.17, 15) is 0 Å². The number of furan rings is 1. The predicted molar refractivity (Wildman–Crippen MR) is 98.5 cm³/mol. The average molecular weight is 335 g/mol. The summed E-state index contributed by atoms with van der Waals surface area (Å²) in [6.07, 6.45) is 11.3. The molecule has 5 heteroatoms. The molecular formula is C19H33N3O2. The standard InChI is InChI=1S/C19H33N3O2/c1-2-23-15-7-6-13-20-19(22-17-9-4-3-5-10-17)21-14-12-18-11-8-16-24-18/h8,11,16-17H,2-7,9-10,12-15H2,1H3,(H2,20,21,22). The first-order valence-electron chi connectivity index (χ1n) is 9.53. The van der Waals surface area contributed by atoms with Crippen molar-refractivity contribution in [2.45, 2.75) is 64.3 Å². The van der Waals surface area contributed by atoms with Crippen LogP contribution in [0.5, 0.6) is 0 Å². The molecule has 0 amide bonds. The van der Waals surface area contributed by atoms with E-state index in [0.29, 0.717) is 6.04 Å². The molecule has 1 aromatic heterocycles. The van der Waals surface area contributed by atoms with Gasteiger partial charge in [0.1, 0.15) is 5.76 Å². The Balaban J connectivity index is 1.73. The SMILES string of the molecule is CCOCCCCN=C(NCCc1ccco1)NC1CCCCC1. The molecule has 0 aliphatic heterocycles. The van der Waals surface area contributed by atoms with Crippen molar-refractivity contribution in [3.8, 4) is 0 Å². The maximum Gasteiger partial charge on any atom is 0.191 e. The molecule has 1 aromatic rings. The highest BCUT2D eigenvalue weighted by Crippen LogP contribution is 2.17. The summed E-state index contributed by atoms with van der Waals surface area (Å²) < 4.78 is 10.8. The minimum atomic E-state index is 0.567. The van der Waals surface area contributed by atoms with E-state index in [4.69, 9.17) is 14.1 Å². The van der Waals surface area contributed by atoms with Crippen LogP contribution >= 0.6 is 0 Å². The lowest BCUT2D eigenvalue weighted by Crippen LogP contribution is -2.45. The van der Waals surface area contributed by atoms with Crippen LogP contribution in [-0.4, -0.2) is 38.3 Å². The third-order valence-corrected chi connectivity index (χ3v) is 4.36. The third kappa shape index (κ3) is 7.86. The van der Waals surface area contributed by atoms with Gasteiger partial charge in [0.05, 0.1) is 6.26 Å². The first kappa shape index (κ1) is 18.8. The highest BCUT2D eigenvalue weighted by molar-refractivity contribution is 5.80. The van der Waals surface area contributed by atoms with Gasteiger partial charge in [-0.2, -0.15) is 0 Å². The van der Waals surface area contributed by atoms with Crippen molar-refractivity contribution in [3.63, 3.8) is 0 Å². The topological polar surface area (TPSA) is 58.8 Å². The minimum Gasteiger partial charge on any atom is -0.469 e. The van der Waals surface area contributed by atoms with E-state index in [0.717, 1.165) is 57.3 Å². The van der Waals surface area contributed by atoms with Crippen LogP contribution in [-0.2, 0) is 11.2 Å². The van der Waals surface area contributed by atoms with Crippen molar-refractivity contribution in [2.75, 3.05) is 26.3 Å². The molecule has 0 atom stereocenters. The average Bonchev–Trinajstić information content (AvgIpc) is 3.12. The van der Waals surface area contributed by atoms with Gasteiger partial charge in [-0.1, -0.05) is 19.3 Å². The third-order valence-electron chi connectivity index (χ3n) is 4.36. The van der Waals surface area contributed by atoms with Crippen LogP contribution in [0.2, 0.25) is 0 Å². The van der Waals surface area contributed by atoms with Gasteiger partial charge in [-0.25, -0.2) is 0 Å². The van der Waals surface area contributed by atoms with E-state index in [1.807, 2.05) is 19.1 Å². The monoisotopic (exact) mass is 335 g/mol. The Morgan fingerprint density at radius 1 is 1.29 bits per heavy atom. The van der Waals surface area contributed by atoms with Crippen LogP contribution in [0.4, 0.5) is 0 Å². The fraction of sp³-hybridized carbons (Fsp3) is 0.737. The van der Waals surface area contributed by atoms with Crippen molar-refractivity contribution in [2.24, 2.45) is 4.99 Å². The van der Waals surface area contributed by atoms with Crippen LogP contribution < -0.4 is 10.6 Å². The molecule has 24 heavy (non-hydrogen) atoms. The molecule has 136 valence electrons. The highest BCUT2D eigenvalue weighted by Gasteiger charge is 2.14. The summed E-state index contributed by atoms with van der Waals surface area (Å²) in [6, 6.07) is 4.51. The van der Waals surface area contributed by atoms with Crippen molar-refractivity contribution >= 4 is 5.96 Å². The Morgan fingerprint density at radius 2 is 2.17 bits per heavy atom. The first-order valence-corrected chi connectivity index (χ1v) is 9.53. The zero-order chi connectivity index (χ0) is 16.9. The van der Waals surface area contributed by atoms with Gasteiger partial charge < -0.3 is 19.8 Å². The highest BCUT2D eigenvalue weighted by atomic mass is 16.5. The molecule has 5 nitrogen and oxygen atoms in total. The summed E-state index contributed by atoms with van der Waals surface area (Å²) in [4.78, 5) is 4.74. The van der Waals surface area contributed by atoms with E-state index in [-0.39, 0.29) is 0 Å². The Bertz CT molecular complexity index is 439. The smallest absolute Gasteiger partial charge is 0.191 e. The second-order valence-electron chi connectivity index (χ2n) is 6.37. The molecule has 2 N–H and O–H groups in total. The van der Waals surface area contributed by atoms with Gasteiger partial charge in [-0.15, -0.1) is 0 Å². The van der Waals surface area contributed by atoms with Gasteiger partial charge in [0.2, 0.25) is 0 Å². The van der Waals surface area contributed by atoms with Gasteiger partial charge in [-0.3, -0.25) is 4.99 Å². The molecule has 0 spiro atoms. The van der Waals surface area contributed by atoms with Gasteiger partial charge in [-0.05, 0) is 44.7 Å². The number of ether oxygens (including phenoxy) is 1. The Kier molecular flexibility index (Phi) is 9.39. The van der Waals surface area contributed by atoms with Gasteiger partial charge >= 0.3 is 0 Å². The molecule has 0 bridgehead atoms. The number of hydrogen-bond acceptors (Lipinski definition) is 3. The second-order valence-corrected chi connectivity index (χ2v) is 6.37. The summed E-state index contributed by atoms with van der Waals surface area (Å²) in [7, 11) is 0. The van der Waals surface area contributed by atoms with Crippen molar-refractivity contribution in [1.29, 1.82) is 0 Å². The number of aliphatic imine (C=N–C) groups is 1. The molecule has 0 aromatic carbocycles. The molecule has 0 unspecified atom stereocenters. The quantitative estimate of drug-likeness (QED) is 0.390. The van der Waals surface area contributed by atoms with Gasteiger partial charge in [0.25, 0.3) is 0 Å². The van der Waals surface area contributed by atoms with Gasteiger partial charge in [0.15, 0.2) is 5.96 Å². The molecule has 1 fully saturated rings. The second kappa shape index (κ2) is 12.0. The van der Waals surface area contributed by atoms with Crippen molar-refractivity contribution in [1.82, 2.24) is 10.6 Å². The Morgan fingerprint density at radius 3 is 2.92 bits per heavy atom. The zero-order valence-electron chi connectivity index (χ0n) is 15.1. The van der Waals surface area contributed by atoms with E-state index in [1.54, 1.807) is 6.26 Å². The minimum absolute atomic E-state index is 0.567. The number of nitrogens with zero attached hydrogens (tertiary/aromatic N) is 1. The molecule has 1 aliphatic rings. The molecule has 1 aliphatic carbocycles. The maximum atomic E-state index is 5.39. The summed E-state index contributed by atoms with van der Waals surface area (Å²) in [5, 5.41) is 7.07. The number of hydrogen-bond donors (Lipinski definition) is 2. The summed E-state index contributed by atoms with van der Waals surface area (Å²) in [5.74, 6) is 1.96. The maximum absolute atomic E-state index is 5.39. The zero-order valence-corrected chi connectivity index (χ0v) is 15.1. The lowest BCUT2D eigenvalue weighted by atomic mass is 9.96. The normalized spacial score (nSPS) is 16.3. The van der Waals surface area contributed by atoms with E-state index >= 15 is 0 Å². The molecular weight excluding hydrogens is 302 g/mol. The van der Waals surface area contributed by atoms with Crippen molar-refractivity contribution in [3.05, 3.63) is 24.2 Å². The Labute approximate surface area is 146 Å². The van der Waals surface area contributed by atoms with Crippen LogP contribution in [0.15, 0.2) is 27.8 Å². The number of nitrogens with one attached hydrogen (secondary N) is 2. The number of rotatable bonds is 10. The number of unbranched alkanes of at least 4 members (excludes halogenated alkanes) is 1. The lowest BCUT2D eigenvalue weighted by Gasteiger charge is -2.25. The van der Waals surface area contributed by atoms with Crippen LogP contribution in [0.3, 0.4) is 0 Å². The largest absolute Gasteiger partial charge is 0.469 e. The molecule has 1 heterocycles. The number of guanidine groups is 1. The molecule has 0 radical (unpaired) electrons. The van der Waals surface area contributed by atoms with E-state index in [2.05, 4.69) is 10.6 Å². The van der Waals surface area contributed by atoms with E-state index < -0.39 is 0 Å². The van der Waals surface area contributed by atoms with Crippen LogP contribution in [0, 0.1) is 0 Å². The van der Waals surface area contributed by atoms with E-state index in [1.165, 1.54) is 32.1 Å². The molecule has 1 saturated carbocycles. The predicted octanol–water partition coefficient (Wildman–Crippen LogP) is 3.51. The van der Waals surface area contributed by atoms with Crippen LogP contribution in [0.1, 0.15) is 57.6 Å².